The summed E-state index contributed by atoms with van der Waals surface area (Å²) < 4.78 is 0. The van der Waals surface area contributed by atoms with Gasteiger partial charge >= 0.3 is 0 Å². The van der Waals surface area contributed by atoms with Crippen LogP contribution in [0.2, 0.25) is 0 Å². The smallest absolute Gasteiger partial charge is 0.0619 e. The molecule has 8 aromatic carbocycles. The lowest BCUT2D eigenvalue weighted by atomic mass is 9.51. The van der Waals surface area contributed by atoms with Crippen molar-refractivity contribution in [1.82, 2.24) is 0 Å². The predicted octanol–water partition coefficient (Wildman–Crippen LogP) is 11.5. The summed E-state index contributed by atoms with van der Waals surface area (Å²) in [6.07, 6.45) is 0. The van der Waals surface area contributed by atoms with Crippen LogP contribution in [0.3, 0.4) is 0 Å². The standard InChI is InChI=1S/C48H30/c1-2-17-32-31(15-1)16-13-22-33(32)38-23-14-30-45-46(38)48(41-26-9-5-20-36(41)37-21-6-10-27-42(37)48)44-29-12-11-28-43(44)47(45)39-24-7-3-18-34(39)35-19-4-8-25-40(35)47/h1-30H. The van der Waals surface area contributed by atoms with Gasteiger partial charge in [-0.25, -0.2) is 0 Å². The van der Waals surface area contributed by atoms with Crippen LogP contribution >= 0.6 is 0 Å². The number of hydrogen-bond acceptors (Lipinski definition) is 0. The fourth-order valence-electron chi connectivity index (χ4n) is 9.98. The summed E-state index contributed by atoms with van der Waals surface area (Å²) in [6.45, 7) is 0. The molecule has 0 fully saturated rings. The highest BCUT2D eigenvalue weighted by molar-refractivity contribution is 6.01. The second-order valence-electron chi connectivity index (χ2n) is 13.5. The van der Waals surface area contributed by atoms with E-state index >= 15 is 0 Å². The molecule has 0 amide bonds. The largest absolute Gasteiger partial charge is 0.0725 e. The van der Waals surface area contributed by atoms with Gasteiger partial charge in [0.05, 0.1) is 10.8 Å². The van der Waals surface area contributed by atoms with Gasteiger partial charge in [0.1, 0.15) is 0 Å². The van der Waals surface area contributed by atoms with E-state index in [1.807, 2.05) is 0 Å². The lowest BCUT2D eigenvalue weighted by molar-refractivity contribution is 0.634. The predicted molar refractivity (Wildman–Crippen MR) is 198 cm³/mol. The number of rotatable bonds is 1. The highest BCUT2D eigenvalue weighted by Gasteiger charge is 2.59. The maximum Gasteiger partial charge on any atom is 0.0725 e. The lowest BCUT2D eigenvalue weighted by Gasteiger charge is -2.49. The van der Waals surface area contributed by atoms with Gasteiger partial charge < -0.3 is 0 Å². The average molecular weight is 607 g/mol. The molecule has 0 radical (unpaired) electrons. The molecule has 222 valence electrons. The van der Waals surface area contributed by atoms with Gasteiger partial charge in [0.2, 0.25) is 0 Å². The molecule has 0 atom stereocenters. The molecule has 0 nitrogen and oxygen atoms in total. The SMILES string of the molecule is c1ccc2c(c1)-c1ccccc1C21c2ccccc2C2(c3ccccc3-c3ccccc32)c2c(-c3cccc4ccccc34)cccc21. The molecule has 0 N–H and O–H groups in total. The van der Waals surface area contributed by atoms with Gasteiger partial charge in [0.15, 0.2) is 0 Å². The summed E-state index contributed by atoms with van der Waals surface area (Å²) in [5.41, 5.74) is 17.9. The van der Waals surface area contributed by atoms with Crippen LogP contribution in [-0.2, 0) is 10.8 Å². The van der Waals surface area contributed by atoms with Crippen LogP contribution in [-0.4, -0.2) is 0 Å². The maximum atomic E-state index is 2.45. The molecule has 48 heavy (non-hydrogen) atoms. The van der Waals surface area contributed by atoms with Gasteiger partial charge in [-0.05, 0) is 88.7 Å². The molecule has 11 rings (SSSR count). The molecule has 0 bridgehead atoms. The quantitative estimate of drug-likeness (QED) is 0.174. The second kappa shape index (κ2) is 9.31. The first kappa shape index (κ1) is 26.1. The Morgan fingerprint density at radius 1 is 0.229 bits per heavy atom. The molecular formula is C48H30. The molecule has 0 saturated heterocycles. The molecular weight excluding hydrogens is 577 g/mol. The van der Waals surface area contributed by atoms with E-state index < -0.39 is 10.8 Å². The van der Waals surface area contributed by atoms with Crippen molar-refractivity contribution in [3.8, 4) is 33.4 Å². The third-order valence-corrected chi connectivity index (χ3v) is 11.6. The fourth-order valence-corrected chi connectivity index (χ4v) is 9.98. The van der Waals surface area contributed by atoms with Crippen LogP contribution in [0.25, 0.3) is 44.2 Å². The van der Waals surface area contributed by atoms with Crippen molar-refractivity contribution >= 4 is 10.8 Å². The maximum absolute atomic E-state index is 2.45. The summed E-state index contributed by atoms with van der Waals surface area (Å²) in [5.74, 6) is 0. The van der Waals surface area contributed by atoms with E-state index in [4.69, 9.17) is 0 Å². The highest BCUT2D eigenvalue weighted by Crippen LogP contribution is 2.68. The normalized spacial score (nSPS) is 15.0. The molecule has 3 aliphatic carbocycles. The molecule has 0 heterocycles. The first-order valence-corrected chi connectivity index (χ1v) is 17.0. The Labute approximate surface area is 280 Å². The van der Waals surface area contributed by atoms with E-state index in [9.17, 15) is 0 Å². The summed E-state index contributed by atoms with van der Waals surface area (Å²) in [4.78, 5) is 0. The van der Waals surface area contributed by atoms with Gasteiger partial charge in [-0.15, -0.1) is 0 Å². The van der Waals surface area contributed by atoms with Crippen LogP contribution in [0.5, 0.6) is 0 Å². The summed E-state index contributed by atoms with van der Waals surface area (Å²) in [6, 6.07) is 68.8. The van der Waals surface area contributed by atoms with Crippen molar-refractivity contribution in [2.45, 2.75) is 10.8 Å². The van der Waals surface area contributed by atoms with E-state index in [1.54, 1.807) is 0 Å². The van der Waals surface area contributed by atoms with Crippen molar-refractivity contribution < 1.29 is 0 Å². The summed E-state index contributed by atoms with van der Waals surface area (Å²) in [5, 5.41) is 2.54. The van der Waals surface area contributed by atoms with Gasteiger partial charge in [-0.2, -0.15) is 0 Å². The zero-order chi connectivity index (χ0) is 31.5. The van der Waals surface area contributed by atoms with Gasteiger partial charge in [-0.3, -0.25) is 0 Å². The monoisotopic (exact) mass is 606 g/mol. The van der Waals surface area contributed by atoms with Gasteiger partial charge in [-0.1, -0.05) is 182 Å². The second-order valence-corrected chi connectivity index (χ2v) is 13.5. The zero-order valence-corrected chi connectivity index (χ0v) is 26.3. The van der Waals surface area contributed by atoms with E-state index in [0.717, 1.165) is 0 Å². The minimum absolute atomic E-state index is 0.475. The lowest BCUT2D eigenvalue weighted by Crippen LogP contribution is -2.44. The van der Waals surface area contributed by atoms with Crippen molar-refractivity contribution in [2.24, 2.45) is 0 Å². The van der Waals surface area contributed by atoms with Crippen molar-refractivity contribution in [2.75, 3.05) is 0 Å². The molecule has 0 saturated carbocycles. The molecule has 0 unspecified atom stereocenters. The Balaban J connectivity index is 1.42. The zero-order valence-electron chi connectivity index (χ0n) is 26.3. The number of hydrogen-bond donors (Lipinski definition) is 0. The van der Waals surface area contributed by atoms with Crippen molar-refractivity contribution in [3.63, 3.8) is 0 Å². The third kappa shape index (κ3) is 2.94. The van der Waals surface area contributed by atoms with E-state index in [0.29, 0.717) is 0 Å². The van der Waals surface area contributed by atoms with Gasteiger partial charge in [0.25, 0.3) is 0 Å². The van der Waals surface area contributed by atoms with Crippen molar-refractivity contribution in [1.29, 1.82) is 0 Å². The fraction of sp³-hybridized carbons (Fsp3) is 0.0417. The molecule has 8 aromatic rings. The van der Waals surface area contributed by atoms with Crippen molar-refractivity contribution in [3.05, 3.63) is 226 Å². The van der Waals surface area contributed by atoms with Crippen LogP contribution in [0.15, 0.2) is 182 Å². The van der Waals surface area contributed by atoms with Gasteiger partial charge in [0, 0.05) is 0 Å². The molecule has 2 spiro atoms. The Morgan fingerprint density at radius 3 is 1.17 bits per heavy atom. The highest BCUT2D eigenvalue weighted by atomic mass is 14.6. The molecule has 0 aromatic heterocycles. The first-order valence-electron chi connectivity index (χ1n) is 17.0. The average Bonchev–Trinajstić information content (AvgIpc) is 3.62. The van der Waals surface area contributed by atoms with Crippen LogP contribution in [0, 0.1) is 0 Å². The minimum Gasteiger partial charge on any atom is -0.0619 e. The van der Waals surface area contributed by atoms with E-state index in [1.165, 1.54) is 88.7 Å². The Bertz CT molecular complexity index is 2540. The summed E-state index contributed by atoms with van der Waals surface area (Å²) >= 11 is 0. The van der Waals surface area contributed by atoms with Crippen LogP contribution in [0.4, 0.5) is 0 Å². The first-order chi connectivity index (χ1) is 23.8. The van der Waals surface area contributed by atoms with Crippen LogP contribution in [0.1, 0.15) is 44.5 Å². The summed E-state index contributed by atoms with van der Waals surface area (Å²) in [7, 11) is 0. The third-order valence-electron chi connectivity index (χ3n) is 11.6. The molecule has 0 heteroatoms. The Kier molecular flexibility index (Phi) is 5.07. The van der Waals surface area contributed by atoms with E-state index in [2.05, 4.69) is 182 Å². The Hall–Kier alpha value is -5.98. The van der Waals surface area contributed by atoms with E-state index in [-0.39, 0.29) is 0 Å². The Morgan fingerprint density at radius 2 is 0.583 bits per heavy atom. The minimum atomic E-state index is -0.510. The number of fused-ring (bicyclic) bond motifs is 17. The topological polar surface area (TPSA) is 0 Å². The molecule has 0 aliphatic heterocycles. The number of benzene rings is 8. The molecule has 3 aliphatic rings. The van der Waals surface area contributed by atoms with Crippen LogP contribution < -0.4 is 0 Å².